The molecule has 96 valence electrons. The van der Waals surface area contributed by atoms with Crippen LogP contribution in [0.3, 0.4) is 0 Å². The van der Waals surface area contributed by atoms with E-state index in [0.717, 1.165) is 50.1 Å². The van der Waals surface area contributed by atoms with Gasteiger partial charge in [-0.3, -0.25) is 4.57 Å². The highest BCUT2D eigenvalue weighted by Gasteiger charge is 2.18. The van der Waals surface area contributed by atoms with Crippen LogP contribution in [0.2, 0.25) is 0 Å². The van der Waals surface area contributed by atoms with Crippen LogP contribution in [0.15, 0.2) is 22.8 Å². The molecule has 0 saturated carbocycles. The average Bonchev–Trinajstić information content (AvgIpc) is 2.93. The second kappa shape index (κ2) is 4.81. The number of nitrogens with zero attached hydrogens (tertiary/aromatic N) is 4. The van der Waals surface area contributed by atoms with Crippen molar-refractivity contribution in [1.29, 1.82) is 0 Å². The zero-order valence-electron chi connectivity index (χ0n) is 10.5. The van der Waals surface area contributed by atoms with E-state index in [9.17, 15) is 0 Å². The molecule has 1 fully saturated rings. The lowest BCUT2D eigenvalue weighted by molar-refractivity contribution is 0.573. The molecule has 0 radical (unpaired) electrons. The van der Waals surface area contributed by atoms with Gasteiger partial charge in [0.1, 0.15) is 0 Å². The van der Waals surface area contributed by atoms with Gasteiger partial charge in [0, 0.05) is 26.7 Å². The van der Waals surface area contributed by atoms with Crippen molar-refractivity contribution in [2.75, 3.05) is 31.1 Å². The van der Waals surface area contributed by atoms with Crippen LogP contribution in [-0.4, -0.2) is 40.9 Å². The Labute approximate surface area is 106 Å². The van der Waals surface area contributed by atoms with Crippen LogP contribution in [0.5, 0.6) is 0 Å². The summed E-state index contributed by atoms with van der Waals surface area (Å²) in [6, 6.07) is 3.76. The lowest BCUT2D eigenvalue weighted by Gasteiger charge is -2.20. The topological polar surface area (TPSA) is 59.1 Å². The minimum atomic E-state index is 0.754. The van der Waals surface area contributed by atoms with Gasteiger partial charge in [-0.25, -0.2) is 0 Å². The molecule has 0 bridgehead atoms. The Kier molecular flexibility index (Phi) is 3.02. The summed E-state index contributed by atoms with van der Waals surface area (Å²) in [4.78, 5) is 2.26. The van der Waals surface area contributed by atoms with E-state index in [2.05, 4.69) is 20.4 Å². The maximum Gasteiger partial charge on any atom is 0.227 e. The van der Waals surface area contributed by atoms with Crippen molar-refractivity contribution in [3.05, 3.63) is 18.4 Å². The molecule has 1 aliphatic rings. The summed E-state index contributed by atoms with van der Waals surface area (Å²) < 4.78 is 7.36. The van der Waals surface area contributed by atoms with Crippen LogP contribution in [-0.2, 0) is 7.05 Å². The number of anilines is 1. The third kappa shape index (κ3) is 1.99. The van der Waals surface area contributed by atoms with Crippen molar-refractivity contribution < 1.29 is 4.42 Å². The van der Waals surface area contributed by atoms with Gasteiger partial charge in [0.15, 0.2) is 5.76 Å². The zero-order valence-corrected chi connectivity index (χ0v) is 10.5. The van der Waals surface area contributed by atoms with Gasteiger partial charge >= 0.3 is 0 Å². The molecule has 3 heterocycles. The molecule has 0 atom stereocenters. The van der Waals surface area contributed by atoms with Crippen LogP contribution in [0, 0.1) is 0 Å². The molecule has 0 aliphatic carbocycles. The molecule has 2 aromatic heterocycles. The molecule has 0 amide bonds. The smallest absolute Gasteiger partial charge is 0.227 e. The van der Waals surface area contributed by atoms with E-state index < -0.39 is 0 Å². The molecular formula is C12H17N5O. The second-order valence-corrected chi connectivity index (χ2v) is 4.45. The fraction of sp³-hybridized carbons (Fsp3) is 0.500. The minimum Gasteiger partial charge on any atom is -0.461 e. The maximum absolute atomic E-state index is 5.37. The van der Waals surface area contributed by atoms with Gasteiger partial charge in [0.25, 0.3) is 0 Å². The van der Waals surface area contributed by atoms with Crippen LogP contribution in [0.4, 0.5) is 5.95 Å². The Hall–Kier alpha value is -1.82. The quantitative estimate of drug-likeness (QED) is 0.853. The molecule has 3 rings (SSSR count). The van der Waals surface area contributed by atoms with Crippen molar-refractivity contribution >= 4 is 5.95 Å². The van der Waals surface area contributed by atoms with Crippen LogP contribution < -0.4 is 10.2 Å². The van der Waals surface area contributed by atoms with Crippen molar-refractivity contribution in [2.45, 2.75) is 6.42 Å². The zero-order chi connectivity index (χ0) is 12.4. The van der Waals surface area contributed by atoms with Crippen LogP contribution in [0.25, 0.3) is 11.6 Å². The third-order valence-electron chi connectivity index (χ3n) is 3.22. The Balaban J connectivity index is 1.89. The lowest BCUT2D eigenvalue weighted by atomic mass is 10.4. The van der Waals surface area contributed by atoms with Gasteiger partial charge in [0.2, 0.25) is 11.8 Å². The SMILES string of the molecule is Cn1c(-c2ccco2)nnc1N1CCCNCC1. The van der Waals surface area contributed by atoms with Crippen molar-refractivity contribution in [2.24, 2.45) is 7.05 Å². The van der Waals surface area contributed by atoms with E-state index >= 15 is 0 Å². The normalized spacial score (nSPS) is 16.8. The van der Waals surface area contributed by atoms with E-state index in [0.29, 0.717) is 0 Å². The molecular weight excluding hydrogens is 230 g/mol. The molecule has 1 saturated heterocycles. The summed E-state index contributed by atoms with van der Waals surface area (Å²) in [5.41, 5.74) is 0. The lowest BCUT2D eigenvalue weighted by Crippen LogP contribution is -2.30. The van der Waals surface area contributed by atoms with Crippen molar-refractivity contribution in [3.63, 3.8) is 0 Å². The Morgan fingerprint density at radius 3 is 3.06 bits per heavy atom. The molecule has 1 aliphatic heterocycles. The summed E-state index contributed by atoms with van der Waals surface area (Å²) in [5.74, 6) is 2.43. The Bertz CT molecular complexity index is 497. The van der Waals surface area contributed by atoms with Gasteiger partial charge in [-0.2, -0.15) is 0 Å². The van der Waals surface area contributed by atoms with Crippen molar-refractivity contribution in [1.82, 2.24) is 20.1 Å². The summed E-state index contributed by atoms with van der Waals surface area (Å²) in [7, 11) is 1.98. The van der Waals surface area contributed by atoms with E-state index in [1.54, 1.807) is 6.26 Å². The summed E-state index contributed by atoms with van der Waals surface area (Å²) in [6.07, 6.45) is 2.78. The van der Waals surface area contributed by atoms with Gasteiger partial charge in [0.05, 0.1) is 6.26 Å². The number of rotatable bonds is 2. The Morgan fingerprint density at radius 1 is 1.28 bits per heavy atom. The molecule has 6 nitrogen and oxygen atoms in total. The molecule has 0 aromatic carbocycles. The minimum absolute atomic E-state index is 0.754. The first-order chi connectivity index (χ1) is 8.86. The fourth-order valence-corrected chi connectivity index (χ4v) is 2.26. The highest BCUT2D eigenvalue weighted by molar-refractivity contribution is 5.50. The fourth-order valence-electron chi connectivity index (χ4n) is 2.26. The number of nitrogens with one attached hydrogen (secondary N) is 1. The van der Waals surface area contributed by atoms with Crippen LogP contribution in [0.1, 0.15) is 6.42 Å². The maximum atomic E-state index is 5.37. The highest BCUT2D eigenvalue weighted by Crippen LogP contribution is 2.21. The molecule has 2 aromatic rings. The van der Waals surface area contributed by atoms with Crippen LogP contribution >= 0.6 is 0 Å². The molecule has 0 unspecified atom stereocenters. The summed E-state index contributed by atoms with van der Waals surface area (Å²) in [6.45, 7) is 4.03. The van der Waals surface area contributed by atoms with Gasteiger partial charge in [-0.05, 0) is 25.1 Å². The number of furan rings is 1. The first-order valence-electron chi connectivity index (χ1n) is 6.25. The molecule has 1 N–H and O–H groups in total. The van der Waals surface area contributed by atoms with Gasteiger partial charge in [-0.15, -0.1) is 10.2 Å². The molecule has 0 spiro atoms. The monoisotopic (exact) mass is 247 g/mol. The molecule has 6 heteroatoms. The predicted molar refractivity (Wildman–Crippen MR) is 68.4 cm³/mol. The Morgan fingerprint density at radius 2 is 2.22 bits per heavy atom. The first-order valence-corrected chi connectivity index (χ1v) is 6.25. The number of hydrogen-bond donors (Lipinski definition) is 1. The van der Waals surface area contributed by atoms with E-state index in [1.165, 1.54) is 0 Å². The van der Waals surface area contributed by atoms with E-state index in [1.807, 2.05) is 23.7 Å². The summed E-state index contributed by atoms with van der Waals surface area (Å²) in [5, 5.41) is 11.9. The standard InChI is InChI=1S/C12H17N5O/c1-16-11(10-4-2-9-18-10)14-15-12(16)17-7-3-5-13-6-8-17/h2,4,9,13H,3,5-8H2,1H3. The first kappa shape index (κ1) is 11.3. The van der Waals surface area contributed by atoms with Gasteiger partial charge < -0.3 is 14.6 Å². The third-order valence-corrected chi connectivity index (χ3v) is 3.22. The second-order valence-electron chi connectivity index (χ2n) is 4.45. The highest BCUT2D eigenvalue weighted by atomic mass is 16.3. The van der Waals surface area contributed by atoms with Gasteiger partial charge in [-0.1, -0.05) is 0 Å². The average molecular weight is 247 g/mol. The van der Waals surface area contributed by atoms with Crippen molar-refractivity contribution in [3.8, 4) is 11.6 Å². The van der Waals surface area contributed by atoms with E-state index in [4.69, 9.17) is 4.42 Å². The number of aromatic nitrogens is 3. The van der Waals surface area contributed by atoms with E-state index in [-0.39, 0.29) is 0 Å². The largest absolute Gasteiger partial charge is 0.461 e. The predicted octanol–water partition coefficient (Wildman–Crippen LogP) is 0.875. The summed E-state index contributed by atoms with van der Waals surface area (Å²) >= 11 is 0. The molecule has 18 heavy (non-hydrogen) atoms. The number of hydrogen-bond acceptors (Lipinski definition) is 5.